The molecule has 2 N–H and O–H groups in total. The molecule has 1 aliphatic heterocycles. The molecule has 2 aromatic heterocycles. The molecular formula is C26H32N6S. The molecule has 0 amide bonds. The quantitative estimate of drug-likeness (QED) is 0.382. The van der Waals surface area contributed by atoms with Crippen LogP contribution < -0.4 is 10.6 Å². The van der Waals surface area contributed by atoms with Crippen molar-refractivity contribution in [2.75, 3.05) is 23.7 Å². The third-order valence-electron chi connectivity index (χ3n) is 6.74. The Morgan fingerprint density at radius 3 is 2.67 bits per heavy atom. The first kappa shape index (κ1) is 21.9. The Kier molecular flexibility index (Phi) is 6.33. The summed E-state index contributed by atoms with van der Waals surface area (Å²) < 4.78 is 2.33. The standard InChI is InChI=1S/C26H32N6S/c1-18-8-9-21(16-19(18)2)17-32-24-7-5-4-6-23(24)30-25(32)29-22-10-13-31(14-11-22)20(3)28-26-27-12-15-33-26/h4-9,12,15-16,20,22H,10-11,13-14,17H2,1-3H3,(H,27,28)(H,29,30). The number of imidazole rings is 1. The van der Waals surface area contributed by atoms with E-state index in [2.05, 4.69) is 88.3 Å². The van der Waals surface area contributed by atoms with Gasteiger partial charge in [0.1, 0.15) is 0 Å². The van der Waals surface area contributed by atoms with Crippen LogP contribution in [0.2, 0.25) is 0 Å². The van der Waals surface area contributed by atoms with Crippen molar-refractivity contribution in [1.29, 1.82) is 0 Å². The van der Waals surface area contributed by atoms with Crippen molar-refractivity contribution in [1.82, 2.24) is 19.4 Å². The Hall–Kier alpha value is -2.90. The maximum atomic E-state index is 4.97. The number of aromatic nitrogens is 3. The third-order valence-corrected chi connectivity index (χ3v) is 7.45. The van der Waals surface area contributed by atoms with E-state index in [1.807, 2.05) is 11.6 Å². The molecule has 1 saturated heterocycles. The van der Waals surface area contributed by atoms with Crippen molar-refractivity contribution < 1.29 is 0 Å². The SMILES string of the molecule is Cc1ccc(Cn2c(NC3CCN(C(C)Nc4nccs4)CC3)nc3ccccc32)cc1C. The van der Waals surface area contributed by atoms with Gasteiger partial charge in [0.25, 0.3) is 0 Å². The lowest BCUT2D eigenvalue weighted by Crippen LogP contribution is -2.46. The maximum absolute atomic E-state index is 4.97. The van der Waals surface area contributed by atoms with Gasteiger partial charge in [-0.3, -0.25) is 4.90 Å². The Morgan fingerprint density at radius 2 is 1.91 bits per heavy atom. The van der Waals surface area contributed by atoms with Gasteiger partial charge in [-0.15, -0.1) is 11.3 Å². The molecule has 5 rings (SSSR count). The van der Waals surface area contributed by atoms with Crippen LogP contribution in [0.1, 0.15) is 36.5 Å². The fourth-order valence-corrected chi connectivity index (χ4v) is 5.22. The van der Waals surface area contributed by atoms with E-state index in [9.17, 15) is 0 Å². The van der Waals surface area contributed by atoms with Crippen LogP contribution in [0, 0.1) is 13.8 Å². The molecule has 172 valence electrons. The van der Waals surface area contributed by atoms with Crippen molar-refractivity contribution in [2.45, 2.75) is 52.4 Å². The summed E-state index contributed by atoms with van der Waals surface area (Å²) in [6.45, 7) is 9.49. The number of aryl methyl sites for hydroxylation is 2. The first-order valence-electron chi connectivity index (χ1n) is 11.7. The minimum absolute atomic E-state index is 0.284. The van der Waals surface area contributed by atoms with Crippen LogP contribution in [0.15, 0.2) is 54.0 Å². The normalized spacial score (nSPS) is 16.2. The lowest BCUT2D eigenvalue weighted by Gasteiger charge is -2.36. The van der Waals surface area contributed by atoms with Gasteiger partial charge in [0.05, 0.1) is 23.7 Å². The number of hydrogen-bond donors (Lipinski definition) is 2. The van der Waals surface area contributed by atoms with Gasteiger partial charge >= 0.3 is 0 Å². The molecule has 4 aromatic rings. The summed E-state index contributed by atoms with van der Waals surface area (Å²) in [7, 11) is 0. The van der Waals surface area contributed by atoms with Crippen molar-refractivity contribution >= 4 is 33.5 Å². The number of fused-ring (bicyclic) bond motifs is 1. The maximum Gasteiger partial charge on any atom is 0.204 e. The lowest BCUT2D eigenvalue weighted by atomic mass is 10.0. The van der Waals surface area contributed by atoms with Crippen LogP contribution >= 0.6 is 11.3 Å². The number of anilines is 2. The molecule has 0 radical (unpaired) electrons. The van der Waals surface area contributed by atoms with Crippen molar-refractivity contribution in [2.24, 2.45) is 0 Å². The molecule has 6 nitrogen and oxygen atoms in total. The van der Waals surface area contributed by atoms with Crippen LogP contribution in [0.4, 0.5) is 11.1 Å². The van der Waals surface area contributed by atoms with E-state index >= 15 is 0 Å². The average Bonchev–Trinajstić information content (AvgIpc) is 3.45. The number of nitrogens with zero attached hydrogens (tertiary/aromatic N) is 4. The van der Waals surface area contributed by atoms with Crippen molar-refractivity contribution in [3.8, 4) is 0 Å². The molecule has 33 heavy (non-hydrogen) atoms. The molecule has 0 saturated carbocycles. The molecule has 7 heteroatoms. The minimum atomic E-state index is 0.284. The van der Waals surface area contributed by atoms with Gasteiger partial charge < -0.3 is 15.2 Å². The van der Waals surface area contributed by atoms with Crippen LogP contribution in [-0.4, -0.2) is 44.7 Å². The molecule has 3 heterocycles. The van der Waals surface area contributed by atoms with Crippen LogP contribution in [0.25, 0.3) is 11.0 Å². The largest absolute Gasteiger partial charge is 0.353 e. The molecule has 0 spiro atoms. The van der Waals surface area contributed by atoms with Crippen LogP contribution in [-0.2, 0) is 6.54 Å². The summed E-state index contributed by atoms with van der Waals surface area (Å²) in [5.41, 5.74) is 6.19. The second-order valence-electron chi connectivity index (χ2n) is 9.04. The predicted molar refractivity (Wildman–Crippen MR) is 138 cm³/mol. The zero-order chi connectivity index (χ0) is 22.8. The molecule has 1 unspecified atom stereocenters. The fraction of sp³-hybridized carbons (Fsp3) is 0.385. The van der Waals surface area contributed by atoms with E-state index in [1.165, 1.54) is 22.2 Å². The highest BCUT2D eigenvalue weighted by atomic mass is 32.1. The second kappa shape index (κ2) is 9.53. The van der Waals surface area contributed by atoms with Gasteiger partial charge in [0.2, 0.25) is 5.95 Å². The van der Waals surface area contributed by atoms with E-state index in [0.29, 0.717) is 6.04 Å². The molecule has 1 fully saturated rings. The van der Waals surface area contributed by atoms with Crippen molar-refractivity contribution in [3.05, 3.63) is 70.7 Å². The van der Waals surface area contributed by atoms with E-state index in [1.54, 1.807) is 11.3 Å². The van der Waals surface area contributed by atoms with E-state index in [-0.39, 0.29) is 6.17 Å². The highest BCUT2D eigenvalue weighted by Crippen LogP contribution is 2.25. The first-order chi connectivity index (χ1) is 16.1. The highest BCUT2D eigenvalue weighted by Gasteiger charge is 2.24. The number of piperidine rings is 1. The number of para-hydroxylation sites is 2. The molecule has 1 atom stereocenters. The smallest absolute Gasteiger partial charge is 0.204 e. The first-order valence-corrected chi connectivity index (χ1v) is 12.6. The second-order valence-corrected chi connectivity index (χ2v) is 9.94. The highest BCUT2D eigenvalue weighted by molar-refractivity contribution is 7.13. The molecule has 1 aliphatic rings. The number of rotatable bonds is 7. The number of nitrogens with one attached hydrogen (secondary N) is 2. The number of likely N-dealkylation sites (tertiary alicyclic amines) is 1. The number of benzene rings is 2. The van der Waals surface area contributed by atoms with Gasteiger partial charge in [0, 0.05) is 30.7 Å². The summed E-state index contributed by atoms with van der Waals surface area (Å²) in [6, 6.07) is 15.6. The van der Waals surface area contributed by atoms with E-state index < -0.39 is 0 Å². The zero-order valence-electron chi connectivity index (χ0n) is 19.6. The predicted octanol–water partition coefficient (Wildman–Crippen LogP) is 5.49. The molecule has 2 aromatic carbocycles. The minimum Gasteiger partial charge on any atom is -0.353 e. The van der Waals surface area contributed by atoms with E-state index in [4.69, 9.17) is 4.98 Å². The van der Waals surface area contributed by atoms with E-state index in [0.717, 1.165) is 49.1 Å². The van der Waals surface area contributed by atoms with Crippen molar-refractivity contribution in [3.63, 3.8) is 0 Å². The summed E-state index contributed by atoms with van der Waals surface area (Å²) in [4.78, 5) is 11.8. The Balaban J connectivity index is 1.29. The monoisotopic (exact) mass is 460 g/mol. The van der Waals surface area contributed by atoms with Gasteiger partial charge in [-0.2, -0.15) is 0 Å². The Morgan fingerprint density at radius 1 is 1.09 bits per heavy atom. The molecular weight excluding hydrogens is 428 g/mol. The summed E-state index contributed by atoms with van der Waals surface area (Å²) in [5, 5.41) is 10.3. The van der Waals surface area contributed by atoms with Crippen LogP contribution in [0.5, 0.6) is 0 Å². The zero-order valence-corrected chi connectivity index (χ0v) is 20.4. The summed E-state index contributed by atoms with van der Waals surface area (Å²) >= 11 is 1.65. The fourth-order valence-electron chi connectivity index (χ4n) is 4.61. The number of hydrogen-bond acceptors (Lipinski definition) is 6. The average molecular weight is 461 g/mol. The van der Waals surface area contributed by atoms with Gasteiger partial charge in [-0.05, 0) is 62.4 Å². The van der Waals surface area contributed by atoms with Gasteiger partial charge in [-0.1, -0.05) is 30.3 Å². The number of thiazole rings is 1. The Labute approximate surface area is 199 Å². The molecule has 0 bridgehead atoms. The summed E-state index contributed by atoms with van der Waals surface area (Å²) in [6.07, 6.45) is 4.32. The lowest BCUT2D eigenvalue weighted by molar-refractivity contribution is 0.182. The Bertz CT molecular complexity index is 1210. The van der Waals surface area contributed by atoms with Gasteiger partial charge in [-0.25, -0.2) is 9.97 Å². The van der Waals surface area contributed by atoms with Crippen LogP contribution in [0.3, 0.4) is 0 Å². The summed E-state index contributed by atoms with van der Waals surface area (Å²) in [5.74, 6) is 0.974. The third kappa shape index (κ3) is 4.89. The molecule has 0 aliphatic carbocycles. The van der Waals surface area contributed by atoms with Gasteiger partial charge in [0.15, 0.2) is 5.13 Å². The topological polar surface area (TPSA) is 58.0 Å².